The molecule has 2 bridgehead atoms. The monoisotopic (exact) mass is 250 g/mol. The number of esters is 2. The summed E-state index contributed by atoms with van der Waals surface area (Å²) < 4.78 is 10.8. The molecular formula is C14H18O4. The van der Waals surface area contributed by atoms with Crippen molar-refractivity contribution in [3.63, 3.8) is 0 Å². The number of hydrogen-bond donors (Lipinski definition) is 0. The molecule has 0 spiro atoms. The van der Waals surface area contributed by atoms with E-state index >= 15 is 0 Å². The molecule has 0 aromatic carbocycles. The Morgan fingerprint density at radius 2 is 2.17 bits per heavy atom. The molecule has 3 rings (SSSR count). The van der Waals surface area contributed by atoms with Crippen molar-refractivity contribution < 1.29 is 19.1 Å². The van der Waals surface area contributed by atoms with Gasteiger partial charge in [-0.1, -0.05) is 6.58 Å². The van der Waals surface area contributed by atoms with Crippen LogP contribution in [0.4, 0.5) is 0 Å². The fraction of sp³-hybridized carbons (Fsp3) is 0.714. The van der Waals surface area contributed by atoms with Crippen LogP contribution in [0, 0.1) is 23.7 Å². The van der Waals surface area contributed by atoms with Gasteiger partial charge in [-0.05, 0) is 38.0 Å². The smallest absolute Gasteiger partial charge is 0.333 e. The lowest BCUT2D eigenvalue weighted by atomic mass is 9.78. The van der Waals surface area contributed by atoms with Gasteiger partial charge in [0.05, 0.1) is 12.5 Å². The van der Waals surface area contributed by atoms with Crippen LogP contribution in [0.1, 0.15) is 26.2 Å². The van der Waals surface area contributed by atoms with Crippen molar-refractivity contribution in [3.05, 3.63) is 12.2 Å². The zero-order valence-electron chi connectivity index (χ0n) is 10.6. The summed E-state index contributed by atoms with van der Waals surface area (Å²) >= 11 is 0. The summed E-state index contributed by atoms with van der Waals surface area (Å²) in [7, 11) is 0. The van der Waals surface area contributed by atoms with E-state index in [0.717, 1.165) is 19.3 Å². The molecule has 2 saturated carbocycles. The average Bonchev–Trinajstić information content (AvgIpc) is 2.85. The number of hydrogen-bond acceptors (Lipinski definition) is 4. The zero-order chi connectivity index (χ0) is 12.9. The van der Waals surface area contributed by atoms with Gasteiger partial charge in [0.2, 0.25) is 0 Å². The summed E-state index contributed by atoms with van der Waals surface area (Å²) in [6, 6.07) is 0. The van der Waals surface area contributed by atoms with Crippen LogP contribution in [-0.2, 0) is 19.1 Å². The Bertz CT molecular complexity index is 414. The van der Waals surface area contributed by atoms with Gasteiger partial charge in [-0.15, -0.1) is 0 Å². The Balaban J connectivity index is 1.78. The summed E-state index contributed by atoms with van der Waals surface area (Å²) in [4.78, 5) is 23.4. The Morgan fingerprint density at radius 1 is 1.39 bits per heavy atom. The fourth-order valence-corrected chi connectivity index (χ4v) is 3.91. The van der Waals surface area contributed by atoms with Gasteiger partial charge in [0.1, 0.15) is 6.10 Å². The summed E-state index contributed by atoms with van der Waals surface area (Å²) in [5, 5.41) is 0. The van der Waals surface area contributed by atoms with E-state index in [9.17, 15) is 9.59 Å². The third kappa shape index (κ3) is 1.66. The summed E-state index contributed by atoms with van der Waals surface area (Å²) in [5.41, 5.74) is 0.440. The molecule has 0 amide bonds. The molecule has 1 saturated heterocycles. The quantitative estimate of drug-likeness (QED) is 0.553. The van der Waals surface area contributed by atoms with Gasteiger partial charge in [0.15, 0.2) is 0 Å². The molecule has 98 valence electrons. The van der Waals surface area contributed by atoms with Gasteiger partial charge in [-0.25, -0.2) is 4.79 Å². The van der Waals surface area contributed by atoms with Crippen molar-refractivity contribution in [2.45, 2.75) is 32.3 Å². The van der Waals surface area contributed by atoms with Gasteiger partial charge in [-0.3, -0.25) is 4.79 Å². The predicted octanol–water partition coefficient (Wildman–Crippen LogP) is 1.69. The van der Waals surface area contributed by atoms with Crippen LogP contribution in [0.15, 0.2) is 12.2 Å². The first-order valence-electron chi connectivity index (χ1n) is 6.61. The molecule has 1 aliphatic heterocycles. The van der Waals surface area contributed by atoms with Gasteiger partial charge >= 0.3 is 11.9 Å². The second-order valence-electron chi connectivity index (χ2n) is 5.77. The maximum atomic E-state index is 11.8. The minimum atomic E-state index is -0.305. The second-order valence-corrected chi connectivity index (χ2v) is 5.77. The molecule has 0 aromatic heterocycles. The normalized spacial score (nSPS) is 41.2. The molecule has 3 aliphatic rings. The van der Waals surface area contributed by atoms with Crippen molar-refractivity contribution in [1.29, 1.82) is 0 Å². The first kappa shape index (κ1) is 11.8. The Labute approximate surface area is 106 Å². The van der Waals surface area contributed by atoms with E-state index < -0.39 is 0 Å². The summed E-state index contributed by atoms with van der Waals surface area (Å²) in [5.74, 6) is 0.674. The molecule has 1 heterocycles. The SMILES string of the molecule is C=C(C)C(=O)OC1C2CC3C(=O)OCCC1C3C2. The van der Waals surface area contributed by atoms with Crippen molar-refractivity contribution in [2.24, 2.45) is 23.7 Å². The molecule has 4 nitrogen and oxygen atoms in total. The van der Waals surface area contributed by atoms with Crippen LogP contribution in [0.3, 0.4) is 0 Å². The van der Waals surface area contributed by atoms with Crippen molar-refractivity contribution >= 4 is 11.9 Å². The highest BCUT2D eigenvalue weighted by molar-refractivity contribution is 5.87. The fourth-order valence-electron chi connectivity index (χ4n) is 3.91. The molecule has 0 aromatic rings. The lowest BCUT2D eigenvalue weighted by Crippen LogP contribution is -2.36. The van der Waals surface area contributed by atoms with Crippen molar-refractivity contribution in [3.8, 4) is 0 Å². The van der Waals surface area contributed by atoms with Gasteiger partial charge in [0, 0.05) is 11.5 Å². The first-order valence-corrected chi connectivity index (χ1v) is 6.61. The van der Waals surface area contributed by atoms with Crippen molar-refractivity contribution in [1.82, 2.24) is 0 Å². The molecule has 4 heteroatoms. The third-order valence-electron chi connectivity index (χ3n) is 4.67. The van der Waals surface area contributed by atoms with Crippen LogP contribution in [0.25, 0.3) is 0 Å². The zero-order valence-corrected chi connectivity index (χ0v) is 10.6. The van der Waals surface area contributed by atoms with Gasteiger partial charge in [0.25, 0.3) is 0 Å². The number of ether oxygens (including phenoxy) is 2. The first-order chi connectivity index (χ1) is 8.58. The number of carbonyl (C=O) groups is 2. The molecule has 3 fully saturated rings. The van der Waals surface area contributed by atoms with Crippen LogP contribution in [0.5, 0.6) is 0 Å². The van der Waals surface area contributed by atoms with E-state index in [1.165, 1.54) is 0 Å². The largest absolute Gasteiger partial charge is 0.465 e. The number of rotatable bonds is 2. The van der Waals surface area contributed by atoms with Crippen LogP contribution < -0.4 is 0 Å². The molecule has 5 unspecified atom stereocenters. The number of fused-ring (bicyclic) bond motifs is 1. The lowest BCUT2D eigenvalue weighted by Gasteiger charge is -2.31. The van der Waals surface area contributed by atoms with E-state index in [4.69, 9.17) is 9.47 Å². The minimum Gasteiger partial charge on any atom is -0.465 e. The number of carbonyl (C=O) groups excluding carboxylic acids is 2. The molecule has 0 N–H and O–H groups in total. The maximum absolute atomic E-state index is 11.8. The number of cyclic esters (lactones) is 1. The molecular weight excluding hydrogens is 232 g/mol. The topological polar surface area (TPSA) is 52.6 Å². The highest BCUT2D eigenvalue weighted by atomic mass is 16.5. The van der Waals surface area contributed by atoms with Crippen LogP contribution in [-0.4, -0.2) is 24.6 Å². The van der Waals surface area contributed by atoms with Crippen LogP contribution in [0.2, 0.25) is 0 Å². The van der Waals surface area contributed by atoms with E-state index in [-0.39, 0.29) is 24.0 Å². The van der Waals surface area contributed by atoms with Gasteiger partial charge in [-0.2, -0.15) is 0 Å². The second kappa shape index (κ2) is 4.11. The minimum absolute atomic E-state index is 0.0371. The Morgan fingerprint density at radius 3 is 2.89 bits per heavy atom. The van der Waals surface area contributed by atoms with E-state index in [2.05, 4.69) is 6.58 Å². The van der Waals surface area contributed by atoms with Crippen molar-refractivity contribution in [2.75, 3.05) is 6.61 Å². The highest BCUT2D eigenvalue weighted by Crippen LogP contribution is 2.55. The lowest BCUT2D eigenvalue weighted by molar-refractivity contribution is -0.152. The molecule has 5 atom stereocenters. The maximum Gasteiger partial charge on any atom is 0.333 e. The highest BCUT2D eigenvalue weighted by Gasteiger charge is 2.57. The Hall–Kier alpha value is -1.32. The van der Waals surface area contributed by atoms with Gasteiger partial charge < -0.3 is 9.47 Å². The van der Waals surface area contributed by atoms with E-state index in [0.29, 0.717) is 29.9 Å². The Kier molecular flexibility index (Phi) is 2.68. The average molecular weight is 250 g/mol. The third-order valence-corrected chi connectivity index (χ3v) is 4.67. The summed E-state index contributed by atoms with van der Waals surface area (Å²) in [6.45, 7) is 5.74. The van der Waals surface area contributed by atoms with Crippen LogP contribution >= 0.6 is 0 Å². The van der Waals surface area contributed by atoms with E-state index in [1.54, 1.807) is 6.92 Å². The molecule has 18 heavy (non-hydrogen) atoms. The standard InChI is InChI=1S/C14H18O4/c1-7(2)13(15)18-12-8-5-10-9(12)3-4-17-14(16)11(10)6-8/h8-12H,1,3-6H2,2H3. The van der Waals surface area contributed by atoms with E-state index in [1.807, 2.05) is 0 Å². The molecule has 0 radical (unpaired) electrons. The predicted molar refractivity (Wildman–Crippen MR) is 63.5 cm³/mol. The summed E-state index contributed by atoms with van der Waals surface area (Å²) in [6.07, 6.45) is 2.59. The molecule has 2 aliphatic carbocycles.